The summed E-state index contributed by atoms with van der Waals surface area (Å²) in [5.74, 6) is 0.277. The molecule has 1 N–H and O–H groups in total. The summed E-state index contributed by atoms with van der Waals surface area (Å²) in [4.78, 5) is 10.0. The molecule has 0 bridgehead atoms. The van der Waals surface area contributed by atoms with Crippen molar-refractivity contribution in [1.82, 2.24) is 0 Å². The summed E-state index contributed by atoms with van der Waals surface area (Å²) in [6.07, 6.45) is -1.59. The third-order valence-electron chi connectivity index (χ3n) is 2.14. The van der Waals surface area contributed by atoms with Crippen molar-refractivity contribution in [1.29, 1.82) is 5.26 Å². The Morgan fingerprint density at radius 1 is 1.53 bits per heavy atom. The molecule has 2 unspecified atom stereocenters. The molecule has 0 amide bonds. The monoisotopic (exact) mass is 236 g/mol. The third-order valence-corrected chi connectivity index (χ3v) is 2.14. The fourth-order valence-electron chi connectivity index (χ4n) is 1.30. The summed E-state index contributed by atoms with van der Waals surface area (Å²) in [5, 5.41) is 28.7. The Kier molecular flexibility index (Phi) is 4.01. The van der Waals surface area contributed by atoms with Crippen molar-refractivity contribution in [2.24, 2.45) is 0 Å². The van der Waals surface area contributed by atoms with Gasteiger partial charge in [-0.25, -0.2) is 0 Å². The molecule has 0 saturated heterocycles. The Balaban J connectivity index is 3.14. The van der Waals surface area contributed by atoms with Crippen molar-refractivity contribution in [2.45, 2.75) is 26.1 Å². The average Bonchev–Trinajstić information content (AvgIpc) is 2.28. The molecular weight excluding hydrogens is 224 g/mol. The zero-order valence-electron chi connectivity index (χ0n) is 9.45. The standard InChI is InChI=1S/C11H12N2O4/c1-7(6-12)17-11-4-3-9(13(15)16)5-10(11)8(2)14/h3-5,7-8,14H,1-2H3. The molecular formula is C11H12N2O4. The van der Waals surface area contributed by atoms with E-state index in [4.69, 9.17) is 10.00 Å². The number of hydrogen-bond donors (Lipinski definition) is 1. The van der Waals surface area contributed by atoms with Gasteiger partial charge >= 0.3 is 0 Å². The minimum absolute atomic E-state index is 0.127. The molecule has 6 nitrogen and oxygen atoms in total. The molecule has 0 saturated carbocycles. The SMILES string of the molecule is CC(C#N)Oc1ccc([N+](=O)[O-])cc1C(C)O. The van der Waals surface area contributed by atoms with Crippen molar-refractivity contribution in [2.75, 3.05) is 0 Å². The fraction of sp³-hybridized carbons (Fsp3) is 0.364. The van der Waals surface area contributed by atoms with Gasteiger partial charge in [0.05, 0.1) is 11.0 Å². The highest BCUT2D eigenvalue weighted by atomic mass is 16.6. The summed E-state index contributed by atoms with van der Waals surface area (Å²) < 4.78 is 5.25. The second-order valence-corrected chi connectivity index (χ2v) is 3.54. The summed E-state index contributed by atoms with van der Waals surface area (Å²) >= 11 is 0. The lowest BCUT2D eigenvalue weighted by molar-refractivity contribution is -0.385. The van der Waals surface area contributed by atoms with E-state index in [0.29, 0.717) is 5.56 Å². The number of aliphatic hydroxyl groups excluding tert-OH is 1. The molecule has 0 aliphatic rings. The van der Waals surface area contributed by atoms with Crippen LogP contribution in [0.25, 0.3) is 0 Å². The minimum Gasteiger partial charge on any atom is -0.475 e. The Labute approximate surface area is 98.2 Å². The summed E-state index contributed by atoms with van der Waals surface area (Å²) in [6.45, 7) is 3.02. The minimum atomic E-state index is -0.907. The van der Waals surface area contributed by atoms with E-state index in [1.54, 1.807) is 6.92 Å². The van der Waals surface area contributed by atoms with Gasteiger partial charge in [0, 0.05) is 17.7 Å². The van der Waals surface area contributed by atoms with Crippen molar-refractivity contribution in [3.05, 3.63) is 33.9 Å². The van der Waals surface area contributed by atoms with Gasteiger partial charge in [-0.1, -0.05) is 0 Å². The molecule has 0 aromatic heterocycles. The number of nitrogens with zero attached hydrogens (tertiary/aromatic N) is 2. The van der Waals surface area contributed by atoms with Crippen LogP contribution in [0.4, 0.5) is 5.69 Å². The van der Waals surface area contributed by atoms with Gasteiger partial charge in [0.2, 0.25) is 0 Å². The lowest BCUT2D eigenvalue weighted by Gasteiger charge is -2.14. The second kappa shape index (κ2) is 5.27. The van der Waals surface area contributed by atoms with Gasteiger partial charge in [-0.15, -0.1) is 0 Å². The van der Waals surface area contributed by atoms with Gasteiger partial charge in [0.15, 0.2) is 6.10 Å². The fourth-order valence-corrected chi connectivity index (χ4v) is 1.30. The van der Waals surface area contributed by atoms with Crippen LogP contribution in [-0.2, 0) is 0 Å². The highest BCUT2D eigenvalue weighted by Gasteiger charge is 2.16. The lowest BCUT2D eigenvalue weighted by atomic mass is 10.1. The highest BCUT2D eigenvalue weighted by Crippen LogP contribution is 2.29. The molecule has 1 aromatic rings. The zero-order chi connectivity index (χ0) is 13.0. The van der Waals surface area contributed by atoms with E-state index in [1.807, 2.05) is 6.07 Å². The first-order chi connectivity index (χ1) is 7.95. The molecule has 0 aliphatic carbocycles. The second-order valence-electron chi connectivity index (χ2n) is 3.54. The first-order valence-electron chi connectivity index (χ1n) is 4.98. The number of nitro benzene ring substituents is 1. The Hall–Kier alpha value is -2.13. The van der Waals surface area contributed by atoms with Crippen molar-refractivity contribution in [3.63, 3.8) is 0 Å². The molecule has 0 aliphatic heterocycles. The lowest BCUT2D eigenvalue weighted by Crippen LogP contribution is -2.10. The first-order valence-corrected chi connectivity index (χ1v) is 4.98. The van der Waals surface area contributed by atoms with Gasteiger partial charge in [-0.3, -0.25) is 10.1 Å². The van der Waals surface area contributed by atoms with E-state index < -0.39 is 17.1 Å². The number of hydrogen-bond acceptors (Lipinski definition) is 5. The average molecular weight is 236 g/mol. The van der Waals surface area contributed by atoms with Gasteiger partial charge in [-0.2, -0.15) is 5.26 Å². The summed E-state index contributed by atoms with van der Waals surface area (Å²) in [5.41, 5.74) is 0.166. The predicted octanol–water partition coefficient (Wildman–Crippen LogP) is 1.94. The Morgan fingerprint density at radius 2 is 2.18 bits per heavy atom. The number of benzene rings is 1. The highest BCUT2D eigenvalue weighted by molar-refractivity contribution is 5.45. The third kappa shape index (κ3) is 3.16. The number of nitro groups is 1. The number of nitriles is 1. The maximum atomic E-state index is 10.6. The predicted molar refractivity (Wildman–Crippen MR) is 59.4 cm³/mol. The van der Waals surface area contributed by atoms with Crippen LogP contribution in [0.1, 0.15) is 25.5 Å². The number of aliphatic hydroxyl groups is 1. The molecule has 0 radical (unpaired) electrons. The maximum absolute atomic E-state index is 10.6. The van der Waals surface area contributed by atoms with Crippen molar-refractivity contribution in [3.8, 4) is 11.8 Å². The summed E-state index contributed by atoms with van der Waals surface area (Å²) in [6, 6.07) is 5.77. The molecule has 1 rings (SSSR count). The largest absolute Gasteiger partial charge is 0.475 e. The van der Waals surface area contributed by atoms with Crippen molar-refractivity contribution >= 4 is 5.69 Å². The van der Waals surface area contributed by atoms with E-state index in [2.05, 4.69) is 0 Å². The van der Waals surface area contributed by atoms with E-state index in [9.17, 15) is 15.2 Å². The quantitative estimate of drug-likeness (QED) is 0.636. The van der Waals surface area contributed by atoms with Crippen molar-refractivity contribution < 1.29 is 14.8 Å². The Bertz CT molecular complexity index is 465. The maximum Gasteiger partial charge on any atom is 0.270 e. The van der Waals surface area contributed by atoms with E-state index >= 15 is 0 Å². The number of ether oxygens (including phenoxy) is 1. The molecule has 6 heteroatoms. The van der Waals surface area contributed by atoms with Crippen LogP contribution in [0.5, 0.6) is 5.75 Å². The van der Waals surface area contributed by atoms with Crippen LogP contribution in [0.15, 0.2) is 18.2 Å². The van der Waals surface area contributed by atoms with E-state index in [-0.39, 0.29) is 11.4 Å². The van der Waals surface area contributed by atoms with Gasteiger partial charge in [0.1, 0.15) is 11.8 Å². The molecule has 0 spiro atoms. The molecule has 0 heterocycles. The number of rotatable bonds is 4. The summed E-state index contributed by atoms with van der Waals surface area (Å²) in [7, 11) is 0. The molecule has 2 atom stereocenters. The Morgan fingerprint density at radius 3 is 2.65 bits per heavy atom. The van der Waals surface area contributed by atoms with Crippen LogP contribution in [-0.4, -0.2) is 16.1 Å². The topological polar surface area (TPSA) is 96.4 Å². The van der Waals surface area contributed by atoms with Crippen LogP contribution in [0.3, 0.4) is 0 Å². The molecule has 0 fully saturated rings. The molecule has 90 valence electrons. The zero-order valence-corrected chi connectivity index (χ0v) is 9.45. The molecule has 17 heavy (non-hydrogen) atoms. The smallest absolute Gasteiger partial charge is 0.270 e. The van der Waals surface area contributed by atoms with Crippen LogP contribution in [0, 0.1) is 21.4 Å². The van der Waals surface area contributed by atoms with E-state index in [0.717, 1.165) is 0 Å². The van der Waals surface area contributed by atoms with Gasteiger partial charge in [0.25, 0.3) is 5.69 Å². The first kappa shape index (κ1) is 12.9. The van der Waals surface area contributed by atoms with Gasteiger partial charge < -0.3 is 9.84 Å². The normalized spacial score (nSPS) is 13.5. The van der Waals surface area contributed by atoms with Gasteiger partial charge in [-0.05, 0) is 19.9 Å². The van der Waals surface area contributed by atoms with E-state index in [1.165, 1.54) is 25.1 Å². The number of non-ortho nitro benzene ring substituents is 1. The molecule has 1 aromatic carbocycles. The van der Waals surface area contributed by atoms with Crippen LogP contribution < -0.4 is 4.74 Å². The van der Waals surface area contributed by atoms with Crippen LogP contribution in [0.2, 0.25) is 0 Å². The van der Waals surface area contributed by atoms with Crippen LogP contribution >= 0.6 is 0 Å².